The van der Waals surface area contributed by atoms with Crippen LogP contribution in [0.1, 0.15) is 27.4 Å². The van der Waals surface area contributed by atoms with Crippen molar-refractivity contribution in [2.75, 3.05) is 13.1 Å². The van der Waals surface area contributed by atoms with E-state index in [0.29, 0.717) is 30.8 Å². The van der Waals surface area contributed by atoms with Gasteiger partial charge < -0.3 is 10.0 Å². The predicted molar refractivity (Wildman–Crippen MR) is 85.6 cm³/mol. The van der Waals surface area contributed by atoms with E-state index in [1.165, 1.54) is 23.5 Å². The summed E-state index contributed by atoms with van der Waals surface area (Å²) in [5.74, 6) is -0.242. The number of aliphatic hydroxyl groups excluding tert-OH is 1. The highest BCUT2D eigenvalue weighted by molar-refractivity contribution is 7.14. The lowest BCUT2D eigenvalue weighted by Crippen LogP contribution is -2.39. The van der Waals surface area contributed by atoms with Gasteiger partial charge in [-0.1, -0.05) is 12.1 Å². The lowest BCUT2D eigenvalue weighted by molar-refractivity contribution is 0.0550. The molecule has 2 heterocycles. The minimum Gasteiger partial charge on any atom is -0.393 e. The number of likely N-dealkylation sites (tertiary alicyclic amines) is 1. The third-order valence-corrected chi connectivity index (χ3v) is 5.07. The first-order chi connectivity index (χ1) is 10.5. The molecular formula is C17H18FNO2S. The largest absolute Gasteiger partial charge is 0.393 e. The second-order valence-corrected chi connectivity index (χ2v) is 6.87. The fraction of sp³-hybridized carbons (Fsp3) is 0.353. The molecule has 1 fully saturated rings. The highest BCUT2D eigenvalue weighted by Crippen LogP contribution is 2.32. The van der Waals surface area contributed by atoms with Crippen LogP contribution in [0.3, 0.4) is 0 Å². The van der Waals surface area contributed by atoms with Gasteiger partial charge in [-0.05, 0) is 49.1 Å². The summed E-state index contributed by atoms with van der Waals surface area (Å²) in [4.78, 5) is 16.1. The molecule has 116 valence electrons. The van der Waals surface area contributed by atoms with Crippen LogP contribution < -0.4 is 0 Å². The number of hydrogen-bond acceptors (Lipinski definition) is 3. The molecule has 1 amide bonds. The molecule has 3 rings (SSSR count). The number of benzene rings is 1. The monoisotopic (exact) mass is 319 g/mol. The Kier molecular flexibility index (Phi) is 4.27. The summed E-state index contributed by atoms with van der Waals surface area (Å²) < 4.78 is 13.0. The molecule has 0 atom stereocenters. The average molecular weight is 319 g/mol. The van der Waals surface area contributed by atoms with Gasteiger partial charge in [-0.25, -0.2) is 4.39 Å². The highest BCUT2D eigenvalue weighted by Gasteiger charge is 2.24. The van der Waals surface area contributed by atoms with E-state index < -0.39 is 0 Å². The van der Waals surface area contributed by atoms with Crippen molar-refractivity contribution in [2.24, 2.45) is 0 Å². The lowest BCUT2D eigenvalue weighted by atomic mass is 10.1. The van der Waals surface area contributed by atoms with E-state index >= 15 is 0 Å². The molecule has 3 nitrogen and oxygen atoms in total. The maximum atomic E-state index is 13.0. The van der Waals surface area contributed by atoms with Crippen LogP contribution in [0.15, 0.2) is 30.3 Å². The van der Waals surface area contributed by atoms with Crippen LogP contribution in [0.4, 0.5) is 4.39 Å². The number of thiophene rings is 1. The van der Waals surface area contributed by atoms with Crippen LogP contribution in [0, 0.1) is 12.7 Å². The van der Waals surface area contributed by atoms with Crippen molar-refractivity contribution in [3.05, 3.63) is 45.9 Å². The summed E-state index contributed by atoms with van der Waals surface area (Å²) >= 11 is 1.47. The molecule has 1 aromatic carbocycles. The topological polar surface area (TPSA) is 40.5 Å². The molecule has 0 radical (unpaired) electrons. The van der Waals surface area contributed by atoms with Crippen LogP contribution in [-0.4, -0.2) is 35.1 Å². The van der Waals surface area contributed by atoms with Crippen molar-refractivity contribution in [3.8, 4) is 11.1 Å². The van der Waals surface area contributed by atoms with Gasteiger partial charge in [0, 0.05) is 18.0 Å². The van der Waals surface area contributed by atoms with Crippen LogP contribution >= 0.6 is 11.3 Å². The molecule has 22 heavy (non-hydrogen) atoms. The predicted octanol–water partition coefficient (Wildman–Crippen LogP) is 3.46. The summed E-state index contributed by atoms with van der Waals surface area (Å²) in [6, 6.07) is 8.21. The van der Waals surface area contributed by atoms with Crippen molar-refractivity contribution < 1.29 is 14.3 Å². The first-order valence-corrected chi connectivity index (χ1v) is 8.20. The third kappa shape index (κ3) is 3.05. The summed E-state index contributed by atoms with van der Waals surface area (Å²) in [6.07, 6.45) is 0.992. The maximum Gasteiger partial charge on any atom is 0.263 e. The van der Waals surface area contributed by atoms with E-state index in [1.807, 2.05) is 13.0 Å². The van der Waals surface area contributed by atoms with Gasteiger partial charge in [-0.15, -0.1) is 11.3 Å². The normalized spacial score (nSPS) is 16.0. The van der Waals surface area contributed by atoms with E-state index in [2.05, 4.69) is 0 Å². The second kappa shape index (κ2) is 6.18. The molecule has 1 aromatic heterocycles. The molecule has 1 saturated heterocycles. The molecule has 0 aliphatic carbocycles. The van der Waals surface area contributed by atoms with Gasteiger partial charge in [0.05, 0.1) is 11.0 Å². The van der Waals surface area contributed by atoms with E-state index in [4.69, 9.17) is 0 Å². The molecule has 5 heteroatoms. The van der Waals surface area contributed by atoms with E-state index in [-0.39, 0.29) is 17.8 Å². The fourth-order valence-corrected chi connectivity index (χ4v) is 3.74. The van der Waals surface area contributed by atoms with Crippen molar-refractivity contribution in [1.82, 2.24) is 4.90 Å². The zero-order valence-electron chi connectivity index (χ0n) is 12.4. The molecule has 0 unspecified atom stereocenters. The average Bonchev–Trinajstić information content (AvgIpc) is 2.90. The standard InChI is InChI=1S/C17H18FNO2S/c1-11-15(12-2-4-13(18)5-3-12)10-16(22-11)17(21)19-8-6-14(20)7-9-19/h2-5,10,14,20H,6-9H2,1H3. The van der Waals surface area contributed by atoms with Crippen molar-refractivity contribution >= 4 is 17.2 Å². The number of amides is 1. The van der Waals surface area contributed by atoms with E-state index in [9.17, 15) is 14.3 Å². The van der Waals surface area contributed by atoms with Crippen LogP contribution in [0.25, 0.3) is 11.1 Å². The van der Waals surface area contributed by atoms with Gasteiger partial charge in [0.2, 0.25) is 0 Å². The molecule has 2 aromatic rings. The molecule has 0 saturated carbocycles. The molecule has 1 aliphatic rings. The number of piperidine rings is 1. The van der Waals surface area contributed by atoms with E-state index in [1.54, 1.807) is 17.0 Å². The Bertz CT molecular complexity index is 672. The van der Waals surface area contributed by atoms with Gasteiger partial charge in [-0.2, -0.15) is 0 Å². The van der Waals surface area contributed by atoms with Gasteiger partial charge in [0.15, 0.2) is 0 Å². The van der Waals surface area contributed by atoms with Crippen molar-refractivity contribution in [2.45, 2.75) is 25.9 Å². The Labute approximate surface area is 133 Å². The minimum absolute atomic E-state index is 0.0216. The highest BCUT2D eigenvalue weighted by atomic mass is 32.1. The zero-order chi connectivity index (χ0) is 15.7. The second-order valence-electron chi connectivity index (χ2n) is 5.61. The minimum atomic E-state index is -0.288. The number of aliphatic hydroxyl groups is 1. The maximum absolute atomic E-state index is 13.0. The first kappa shape index (κ1) is 15.2. The summed E-state index contributed by atoms with van der Waals surface area (Å²) in [5, 5.41) is 9.53. The van der Waals surface area contributed by atoms with Gasteiger partial charge >= 0.3 is 0 Å². The Morgan fingerprint density at radius 1 is 1.27 bits per heavy atom. The Hall–Kier alpha value is -1.72. The van der Waals surface area contributed by atoms with Crippen LogP contribution in [-0.2, 0) is 0 Å². The summed E-state index contributed by atoms with van der Waals surface area (Å²) in [6.45, 7) is 3.17. The smallest absolute Gasteiger partial charge is 0.263 e. The Morgan fingerprint density at radius 3 is 2.55 bits per heavy atom. The van der Waals surface area contributed by atoms with Crippen LogP contribution in [0.2, 0.25) is 0 Å². The lowest BCUT2D eigenvalue weighted by Gasteiger charge is -2.29. The van der Waals surface area contributed by atoms with Gasteiger partial charge in [0.25, 0.3) is 5.91 Å². The SMILES string of the molecule is Cc1sc(C(=O)N2CCC(O)CC2)cc1-c1ccc(F)cc1. The molecule has 1 N–H and O–H groups in total. The first-order valence-electron chi connectivity index (χ1n) is 7.38. The number of aryl methyl sites for hydroxylation is 1. The third-order valence-electron chi connectivity index (χ3n) is 4.04. The van der Waals surface area contributed by atoms with Crippen LogP contribution in [0.5, 0.6) is 0 Å². The summed E-state index contributed by atoms with van der Waals surface area (Å²) in [5.41, 5.74) is 1.90. The quantitative estimate of drug-likeness (QED) is 0.921. The Balaban J connectivity index is 1.82. The summed E-state index contributed by atoms with van der Waals surface area (Å²) in [7, 11) is 0. The molecule has 0 spiro atoms. The number of halogens is 1. The number of hydrogen-bond donors (Lipinski definition) is 1. The number of carbonyl (C=O) groups excluding carboxylic acids is 1. The van der Waals surface area contributed by atoms with Crippen molar-refractivity contribution in [3.63, 3.8) is 0 Å². The molecule has 0 bridgehead atoms. The zero-order valence-corrected chi connectivity index (χ0v) is 13.2. The Morgan fingerprint density at radius 2 is 1.91 bits per heavy atom. The molecule has 1 aliphatic heterocycles. The van der Waals surface area contributed by atoms with Gasteiger partial charge in [0.1, 0.15) is 5.82 Å². The number of nitrogens with zero attached hydrogens (tertiary/aromatic N) is 1. The molecular weight excluding hydrogens is 301 g/mol. The van der Waals surface area contributed by atoms with E-state index in [0.717, 1.165) is 16.0 Å². The number of carbonyl (C=O) groups is 1. The number of rotatable bonds is 2. The fourth-order valence-electron chi connectivity index (χ4n) is 2.73. The van der Waals surface area contributed by atoms with Crippen molar-refractivity contribution in [1.29, 1.82) is 0 Å². The van der Waals surface area contributed by atoms with Gasteiger partial charge in [-0.3, -0.25) is 4.79 Å².